The highest BCUT2D eigenvalue weighted by Crippen LogP contribution is 2.05. The molecule has 1 fully saturated rings. The van der Waals surface area contributed by atoms with Crippen LogP contribution in [0.5, 0.6) is 0 Å². The van der Waals surface area contributed by atoms with Crippen molar-refractivity contribution in [3.8, 4) is 0 Å². The van der Waals surface area contributed by atoms with Gasteiger partial charge in [0.25, 0.3) is 0 Å². The van der Waals surface area contributed by atoms with Crippen LogP contribution in [0, 0.1) is 0 Å². The molecule has 0 aromatic heterocycles. The van der Waals surface area contributed by atoms with Gasteiger partial charge in [-0.3, -0.25) is 9.59 Å². The second-order valence-electron chi connectivity index (χ2n) is 3.94. The van der Waals surface area contributed by atoms with Crippen LogP contribution in [0.2, 0.25) is 0 Å². The van der Waals surface area contributed by atoms with Crippen LogP contribution < -0.4 is 11.1 Å². The summed E-state index contributed by atoms with van der Waals surface area (Å²) in [5.74, 6) is -1.23. The SMILES string of the molecule is CC1CN(C(=O)C(=O)NCC(N)=S)CCCO1. The fraction of sp³-hybridized carbons (Fsp3) is 0.700. The third kappa shape index (κ3) is 4.66. The highest BCUT2D eigenvalue weighted by molar-refractivity contribution is 7.80. The van der Waals surface area contributed by atoms with Crippen molar-refractivity contribution in [1.82, 2.24) is 10.2 Å². The van der Waals surface area contributed by atoms with Crippen LogP contribution in [0.4, 0.5) is 0 Å². The lowest BCUT2D eigenvalue weighted by Gasteiger charge is -2.21. The molecular formula is C10H17N3O3S. The average Bonchev–Trinajstić information content (AvgIpc) is 2.49. The smallest absolute Gasteiger partial charge is 0.311 e. The van der Waals surface area contributed by atoms with E-state index in [2.05, 4.69) is 17.5 Å². The Balaban J connectivity index is 2.49. The number of amides is 2. The topological polar surface area (TPSA) is 84.7 Å². The first-order valence-electron chi connectivity index (χ1n) is 5.47. The first-order valence-corrected chi connectivity index (χ1v) is 5.88. The van der Waals surface area contributed by atoms with Gasteiger partial charge in [-0.25, -0.2) is 0 Å². The van der Waals surface area contributed by atoms with Crippen molar-refractivity contribution in [2.24, 2.45) is 5.73 Å². The van der Waals surface area contributed by atoms with Crippen LogP contribution in [0.1, 0.15) is 13.3 Å². The molecule has 1 heterocycles. The van der Waals surface area contributed by atoms with Crippen molar-refractivity contribution in [3.05, 3.63) is 0 Å². The van der Waals surface area contributed by atoms with Crippen molar-refractivity contribution in [3.63, 3.8) is 0 Å². The summed E-state index contributed by atoms with van der Waals surface area (Å²) in [5.41, 5.74) is 5.24. The van der Waals surface area contributed by atoms with Gasteiger partial charge in [-0.1, -0.05) is 12.2 Å². The minimum Gasteiger partial charge on any atom is -0.392 e. The molecule has 0 radical (unpaired) electrons. The maximum atomic E-state index is 11.8. The number of carbonyl (C=O) groups is 2. The van der Waals surface area contributed by atoms with E-state index in [9.17, 15) is 9.59 Å². The maximum absolute atomic E-state index is 11.8. The van der Waals surface area contributed by atoms with E-state index in [-0.39, 0.29) is 17.6 Å². The van der Waals surface area contributed by atoms with Gasteiger partial charge >= 0.3 is 11.8 Å². The first-order chi connectivity index (χ1) is 8.00. The van der Waals surface area contributed by atoms with E-state index < -0.39 is 11.8 Å². The molecule has 2 amide bonds. The highest BCUT2D eigenvalue weighted by Gasteiger charge is 2.24. The molecule has 0 spiro atoms. The van der Waals surface area contributed by atoms with Crippen LogP contribution in [-0.2, 0) is 14.3 Å². The van der Waals surface area contributed by atoms with E-state index in [1.54, 1.807) is 0 Å². The molecule has 7 heteroatoms. The zero-order valence-electron chi connectivity index (χ0n) is 9.77. The summed E-state index contributed by atoms with van der Waals surface area (Å²) in [6.07, 6.45) is 0.684. The van der Waals surface area contributed by atoms with Crippen LogP contribution in [-0.4, -0.2) is 54.0 Å². The second-order valence-corrected chi connectivity index (χ2v) is 4.46. The van der Waals surface area contributed by atoms with Crippen LogP contribution in [0.3, 0.4) is 0 Å². The number of nitrogens with one attached hydrogen (secondary N) is 1. The number of hydrogen-bond donors (Lipinski definition) is 2. The van der Waals surface area contributed by atoms with Crippen molar-refractivity contribution < 1.29 is 14.3 Å². The lowest BCUT2D eigenvalue weighted by atomic mass is 10.3. The number of nitrogens with two attached hydrogens (primary N) is 1. The summed E-state index contributed by atoms with van der Waals surface area (Å²) in [5, 5.41) is 2.38. The summed E-state index contributed by atoms with van der Waals surface area (Å²) in [7, 11) is 0. The minimum atomic E-state index is -0.674. The molecule has 1 atom stereocenters. The molecule has 1 unspecified atom stereocenters. The molecular weight excluding hydrogens is 242 g/mol. The van der Waals surface area contributed by atoms with Gasteiger partial charge in [-0.05, 0) is 13.3 Å². The Morgan fingerprint density at radius 2 is 2.29 bits per heavy atom. The summed E-state index contributed by atoms with van der Waals surface area (Å²) in [6.45, 7) is 3.49. The van der Waals surface area contributed by atoms with Crippen molar-refractivity contribution in [2.75, 3.05) is 26.2 Å². The lowest BCUT2D eigenvalue weighted by molar-refractivity contribution is -0.146. The Bertz CT molecular complexity index is 322. The third-order valence-corrected chi connectivity index (χ3v) is 2.50. The molecule has 0 aromatic rings. The number of thiocarbonyl (C=S) groups is 1. The third-order valence-electron chi connectivity index (χ3n) is 2.36. The molecule has 96 valence electrons. The quantitative estimate of drug-likeness (QED) is 0.492. The largest absolute Gasteiger partial charge is 0.392 e. The summed E-state index contributed by atoms with van der Waals surface area (Å²) >= 11 is 4.62. The zero-order valence-corrected chi connectivity index (χ0v) is 10.6. The summed E-state index contributed by atoms with van der Waals surface area (Å²) in [4.78, 5) is 24.9. The van der Waals surface area contributed by atoms with Crippen molar-refractivity contribution in [1.29, 1.82) is 0 Å². The molecule has 0 bridgehead atoms. The molecule has 1 saturated heterocycles. The van der Waals surface area contributed by atoms with E-state index in [0.717, 1.165) is 6.42 Å². The summed E-state index contributed by atoms with van der Waals surface area (Å²) < 4.78 is 5.39. The van der Waals surface area contributed by atoms with E-state index >= 15 is 0 Å². The molecule has 0 aromatic carbocycles. The number of rotatable bonds is 2. The molecule has 6 nitrogen and oxygen atoms in total. The Morgan fingerprint density at radius 1 is 1.59 bits per heavy atom. The predicted octanol–water partition coefficient (Wildman–Crippen LogP) is -0.974. The number of hydrogen-bond acceptors (Lipinski definition) is 4. The number of ether oxygens (including phenoxy) is 1. The van der Waals surface area contributed by atoms with Gasteiger partial charge < -0.3 is 20.7 Å². The second kappa shape index (κ2) is 6.51. The van der Waals surface area contributed by atoms with Gasteiger partial charge in [0.05, 0.1) is 17.6 Å². The van der Waals surface area contributed by atoms with Gasteiger partial charge in [0, 0.05) is 19.7 Å². The van der Waals surface area contributed by atoms with Gasteiger partial charge in [-0.15, -0.1) is 0 Å². The van der Waals surface area contributed by atoms with Gasteiger partial charge in [0.2, 0.25) is 0 Å². The normalized spacial score (nSPS) is 20.5. The minimum absolute atomic E-state index is 0.0415. The monoisotopic (exact) mass is 259 g/mol. The Hall–Kier alpha value is -1.21. The lowest BCUT2D eigenvalue weighted by Crippen LogP contribution is -2.46. The zero-order chi connectivity index (χ0) is 12.8. The fourth-order valence-corrected chi connectivity index (χ4v) is 1.64. The standard InChI is InChI=1S/C10H17N3O3S/c1-7-6-13(3-2-4-16-7)10(15)9(14)12-5-8(11)17/h7H,2-6H2,1H3,(H2,11,17)(H,12,14). The Labute approximate surface area is 105 Å². The molecule has 0 aliphatic carbocycles. The van der Waals surface area contributed by atoms with Gasteiger partial charge in [-0.2, -0.15) is 0 Å². The van der Waals surface area contributed by atoms with E-state index in [1.165, 1.54) is 4.90 Å². The number of carbonyl (C=O) groups excluding carboxylic acids is 2. The first kappa shape index (κ1) is 13.9. The van der Waals surface area contributed by atoms with Crippen LogP contribution >= 0.6 is 12.2 Å². The average molecular weight is 259 g/mol. The summed E-state index contributed by atoms with van der Waals surface area (Å²) in [6, 6.07) is 0. The van der Waals surface area contributed by atoms with Crippen LogP contribution in [0.15, 0.2) is 0 Å². The Morgan fingerprint density at radius 3 is 2.94 bits per heavy atom. The molecule has 1 aliphatic rings. The fourth-order valence-electron chi connectivity index (χ4n) is 1.57. The number of nitrogens with zero attached hydrogens (tertiary/aromatic N) is 1. The predicted molar refractivity (Wildman–Crippen MR) is 66.4 cm³/mol. The van der Waals surface area contributed by atoms with E-state index in [4.69, 9.17) is 10.5 Å². The van der Waals surface area contributed by atoms with Gasteiger partial charge in [0.15, 0.2) is 0 Å². The van der Waals surface area contributed by atoms with Crippen molar-refractivity contribution in [2.45, 2.75) is 19.4 Å². The molecule has 17 heavy (non-hydrogen) atoms. The molecule has 1 rings (SSSR count). The van der Waals surface area contributed by atoms with Crippen molar-refractivity contribution >= 4 is 29.0 Å². The maximum Gasteiger partial charge on any atom is 0.311 e. The molecule has 0 saturated carbocycles. The molecule has 1 aliphatic heterocycles. The highest BCUT2D eigenvalue weighted by atomic mass is 32.1. The molecule has 3 N–H and O–H groups in total. The van der Waals surface area contributed by atoms with Gasteiger partial charge in [0.1, 0.15) is 0 Å². The van der Waals surface area contributed by atoms with E-state index in [0.29, 0.717) is 19.7 Å². The van der Waals surface area contributed by atoms with Crippen LogP contribution in [0.25, 0.3) is 0 Å². The van der Waals surface area contributed by atoms with E-state index in [1.807, 2.05) is 6.92 Å². The Kier molecular flexibility index (Phi) is 5.30.